The number of carbonyl (C=O) groups excluding carboxylic acids is 1. The van der Waals surface area contributed by atoms with E-state index in [1.54, 1.807) is 30.7 Å². The van der Waals surface area contributed by atoms with Crippen molar-refractivity contribution in [2.24, 2.45) is 0 Å². The van der Waals surface area contributed by atoms with Crippen LogP contribution >= 0.6 is 11.5 Å². The lowest BCUT2D eigenvalue weighted by Crippen LogP contribution is -2.34. The molecule has 0 spiro atoms. The van der Waals surface area contributed by atoms with Gasteiger partial charge in [-0.2, -0.15) is 4.37 Å². The Morgan fingerprint density at radius 2 is 2.00 bits per heavy atom. The van der Waals surface area contributed by atoms with Gasteiger partial charge in [0.2, 0.25) is 5.06 Å². The third kappa shape index (κ3) is 4.15. The summed E-state index contributed by atoms with van der Waals surface area (Å²) in [6, 6.07) is 5.86. The number of hydrogen-bond acceptors (Lipinski definition) is 7. The number of aromatic nitrogens is 3. The summed E-state index contributed by atoms with van der Waals surface area (Å²) in [5.41, 5.74) is 1.25. The van der Waals surface area contributed by atoms with Crippen molar-refractivity contribution < 1.29 is 13.9 Å². The first-order valence-corrected chi connectivity index (χ1v) is 9.68. The molecule has 0 atom stereocenters. The maximum Gasteiger partial charge on any atom is 0.274 e. The first-order chi connectivity index (χ1) is 13.7. The summed E-state index contributed by atoms with van der Waals surface area (Å²) < 4.78 is 24.3. The number of nitrogens with one attached hydrogen (secondary N) is 2. The second-order valence-corrected chi connectivity index (χ2v) is 7.08. The predicted molar refractivity (Wildman–Crippen MR) is 104 cm³/mol. The predicted octanol–water partition coefficient (Wildman–Crippen LogP) is 3.12. The van der Waals surface area contributed by atoms with Gasteiger partial charge < -0.3 is 15.4 Å². The van der Waals surface area contributed by atoms with Crippen LogP contribution in [0.25, 0.3) is 11.3 Å². The van der Waals surface area contributed by atoms with Gasteiger partial charge in [0.1, 0.15) is 29.0 Å². The van der Waals surface area contributed by atoms with E-state index >= 15 is 0 Å². The van der Waals surface area contributed by atoms with Crippen LogP contribution < -0.4 is 15.4 Å². The highest BCUT2D eigenvalue weighted by atomic mass is 32.1. The van der Waals surface area contributed by atoms with E-state index in [9.17, 15) is 9.18 Å². The van der Waals surface area contributed by atoms with E-state index < -0.39 is 11.7 Å². The van der Waals surface area contributed by atoms with Crippen molar-refractivity contribution in [3.8, 4) is 16.3 Å². The molecule has 144 valence electrons. The molecule has 0 unspecified atom stereocenters. The molecule has 3 aromatic rings. The molecule has 4 heterocycles. The zero-order valence-electron chi connectivity index (χ0n) is 14.9. The second kappa shape index (κ2) is 8.41. The lowest BCUT2D eigenvalue weighted by Gasteiger charge is -2.23. The highest BCUT2D eigenvalue weighted by Crippen LogP contribution is 2.31. The van der Waals surface area contributed by atoms with Gasteiger partial charge in [-0.05, 0) is 50.2 Å². The topological polar surface area (TPSA) is 89.0 Å². The van der Waals surface area contributed by atoms with Crippen LogP contribution in [-0.2, 0) is 0 Å². The zero-order chi connectivity index (χ0) is 19.3. The van der Waals surface area contributed by atoms with Gasteiger partial charge >= 0.3 is 0 Å². The van der Waals surface area contributed by atoms with Crippen LogP contribution in [0.5, 0.6) is 5.06 Å². The number of piperidine rings is 1. The third-order valence-electron chi connectivity index (χ3n) is 4.38. The Morgan fingerprint density at radius 1 is 1.21 bits per heavy atom. The quantitative estimate of drug-likeness (QED) is 0.685. The highest BCUT2D eigenvalue weighted by molar-refractivity contribution is 7.08. The molecule has 1 saturated heterocycles. The molecule has 4 rings (SSSR count). The Bertz CT molecular complexity index is 960. The van der Waals surface area contributed by atoms with E-state index in [4.69, 9.17) is 4.74 Å². The van der Waals surface area contributed by atoms with E-state index in [-0.39, 0.29) is 17.5 Å². The number of hydrogen-bond donors (Lipinski definition) is 2. The van der Waals surface area contributed by atoms with Crippen LogP contribution in [0.15, 0.2) is 42.9 Å². The molecule has 0 radical (unpaired) electrons. The molecule has 1 fully saturated rings. The number of nitrogens with zero attached hydrogens (tertiary/aromatic N) is 3. The van der Waals surface area contributed by atoms with Crippen molar-refractivity contribution in [2.75, 3.05) is 18.4 Å². The smallest absolute Gasteiger partial charge is 0.274 e. The lowest BCUT2D eigenvalue weighted by molar-refractivity contribution is 0.102. The van der Waals surface area contributed by atoms with Gasteiger partial charge in [-0.15, -0.1) is 0 Å². The van der Waals surface area contributed by atoms with Crippen molar-refractivity contribution in [1.29, 1.82) is 0 Å². The van der Waals surface area contributed by atoms with Gasteiger partial charge in [0.25, 0.3) is 5.91 Å². The maximum absolute atomic E-state index is 14.2. The average molecular weight is 399 g/mol. The molecule has 0 aromatic carbocycles. The number of halogens is 1. The van der Waals surface area contributed by atoms with E-state index in [1.807, 2.05) is 0 Å². The Kier molecular flexibility index (Phi) is 5.54. The Morgan fingerprint density at radius 3 is 2.79 bits per heavy atom. The Balaban J connectivity index is 1.51. The first-order valence-electron chi connectivity index (χ1n) is 8.91. The van der Waals surface area contributed by atoms with Gasteiger partial charge in [0, 0.05) is 29.5 Å². The van der Waals surface area contributed by atoms with Crippen molar-refractivity contribution in [2.45, 2.75) is 18.9 Å². The molecular weight excluding hydrogens is 381 g/mol. The minimum atomic E-state index is -0.505. The maximum atomic E-state index is 14.2. The molecule has 28 heavy (non-hydrogen) atoms. The molecule has 1 aliphatic heterocycles. The highest BCUT2D eigenvalue weighted by Gasteiger charge is 2.20. The fourth-order valence-corrected chi connectivity index (χ4v) is 3.56. The first kappa shape index (κ1) is 18.5. The van der Waals surface area contributed by atoms with E-state index in [1.165, 1.54) is 23.7 Å². The van der Waals surface area contributed by atoms with E-state index in [0.29, 0.717) is 16.3 Å². The Hall–Kier alpha value is -2.91. The molecule has 1 amide bonds. The average Bonchev–Trinajstić information content (AvgIpc) is 3.16. The van der Waals surface area contributed by atoms with Crippen molar-refractivity contribution >= 4 is 23.1 Å². The third-order valence-corrected chi connectivity index (χ3v) is 5.07. The minimum Gasteiger partial charge on any atom is -0.478 e. The molecule has 1 aliphatic rings. The van der Waals surface area contributed by atoms with Crippen LogP contribution in [0.2, 0.25) is 0 Å². The number of rotatable bonds is 5. The fourth-order valence-electron chi connectivity index (χ4n) is 2.93. The molecule has 7 nitrogen and oxygen atoms in total. The van der Waals surface area contributed by atoms with Crippen molar-refractivity contribution in [1.82, 2.24) is 19.7 Å². The summed E-state index contributed by atoms with van der Waals surface area (Å²) >= 11 is 1.19. The minimum absolute atomic E-state index is 0.0968. The normalized spacial score (nSPS) is 14.6. The van der Waals surface area contributed by atoms with Gasteiger partial charge in [0.05, 0.1) is 6.20 Å². The summed E-state index contributed by atoms with van der Waals surface area (Å²) in [6.07, 6.45) is 6.54. The zero-order valence-corrected chi connectivity index (χ0v) is 15.7. The molecular formula is C19H18FN5O2S. The van der Waals surface area contributed by atoms with Gasteiger partial charge in [-0.25, -0.2) is 9.37 Å². The van der Waals surface area contributed by atoms with E-state index in [0.717, 1.165) is 25.9 Å². The van der Waals surface area contributed by atoms with Crippen LogP contribution in [0.1, 0.15) is 23.3 Å². The summed E-state index contributed by atoms with van der Waals surface area (Å²) in [7, 11) is 0. The van der Waals surface area contributed by atoms with Gasteiger partial charge in [0.15, 0.2) is 0 Å². The van der Waals surface area contributed by atoms with Crippen LogP contribution in [0, 0.1) is 5.82 Å². The summed E-state index contributed by atoms with van der Waals surface area (Å²) in [4.78, 5) is 20.8. The van der Waals surface area contributed by atoms with Gasteiger partial charge in [-0.3, -0.25) is 9.78 Å². The molecule has 0 saturated carbocycles. The summed E-state index contributed by atoms with van der Waals surface area (Å²) in [5, 5.41) is 6.61. The summed E-state index contributed by atoms with van der Waals surface area (Å²) in [6.45, 7) is 1.81. The number of ether oxygens (including phenoxy) is 1. The largest absolute Gasteiger partial charge is 0.478 e. The van der Waals surface area contributed by atoms with Crippen molar-refractivity contribution in [3.05, 3.63) is 54.4 Å². The molecule has 3 aromatic heterocycles. The summed E-state index contributed by atoms with van der Waals surface area (Å²) in [5.74, 6) is -0.958. The molecule has 2 N–H and O–H groups in total. The number of amides is 1. The monoisotopic (exact) mass is 399 g/mol. The second-order valence-electron chi connectivity index (χ2n) is 6.31. The van der Waals surface area contributed by atoms with Crippen molar-refractivity contribution in [3.63, 3.8) is 0 Å². The molecule has 9 heteroatoms. The number of pyridine rings is 2. The molecule has 0 bridgehead atoms. The van der Waals surface area contributed by atoms with E-state index in [2.05, 4.69) is 25.0 Å². The Labute approximate surface area is 165 Å². The van der Waals surface area contributed by atoms with Crippen LogP contribution in [-0.4, -0.2) is 39.4 Å². The number of carbonyl (C=O) groups is 1. The van der Waals surface area contributed by atoms with Crippen LogP contribution in [0.4, 0.5) is 10.1 Å². The van der Waals surface area contributed by atoms with Crippen LogP contribution in [0.3, 0.4) is 0 Å². The van der Waals surface area contributed by atoms with Gasteiger partial charge in [-0.1, -0.05) is 0 Å². The molecule has 0 aliphatic carbocycles. The lowest BCUT2D eigenvalue weighted by atomic mass is 10.1. The number of anilines is 1. The SMILES string of the molecule is O=C(Nc1cnsc1OC1CCNCC1)c1ccc(F)c(-c2ccncc2)n1. The standard InChI is InChI=1S/C19H18FN5O2S/c20-14-1-2-15(24-17(14)12-3-7-21-8-4-12)18(26)25-16-11-23-28-19(16)27-13-5-9-22-10-6-13/h1-4,7-8,11,13,22H,5-6,9-10H2,(H,25,26). The fraction of sp³-hybridized carbons (Fsp3) is 0.263.